The minimum atomic E-state index is -0.271. The normalized spacial score (nSPS) is 9.64. The van der Waals surface area contributed by atoms with Crippen molar-refractivity contribution >= 4 is 0 Å². The van der Waals surface area contributed by atoms with Crippen LogP contribution in [0, 0.1) is 11.3 Å². The van der Waals surface area contributed by atoms with Crippen LogP contribution in [0.4, 0.5) is 0 Å². The van der Waals surface area contributed by atoms with Gasteiger partial charge in [0, 0.05) is 18.5 Å². The Morgan fingerprint density at radius 3 is 3.07 bits per heavy atom. The fourth-order valence-electron chi connectivity index (χ4n) is 1.06. The Morgan fingerprint density at radius 1 is 1.50 bits per heavy atom. The van der Waals surface area contributed by atoms with Gasteiger partial charge < -0.3 is 4.98 Å². The van der Waals surface area contributed by atoms with Crippen molar-refractivity contribution in [3.8, 4) is 11.9 Å². The van der Waals surface area contributed by atoms with Crippen LogP contribution in [0.1, 0.15) is 5.82 Å². The second-order valence-corrected chi connectivity index (χ2v) is 2.50. The molecule has 0 aliphatic heterocycles. The van der Waals surface area contributed by atoms with E-state index in [9.17, 15) is 4.79 Å². The minimum Gasteiger partial charge on any atom is -0.313 e. The predicted octanol–water partition coefficient (Wildman–Crippen LogP) is -0.173. The summed E-state index contributed by atoms with van der Waals surface area (Å²) in [5.74, 6) is 0.575. The summed E-state index contributed by atoms with van der Waals surface area (Å²) in [5, 5.41) is 8.69. The van der Waals surface area contributed by atoms with E-state index in [1.807, 2.05) is 6.07 Å². The molecule has 0 unspecified atom stereocenters. The van der Waals surface area contributed by atoms with E-state index >= 15 is 0 Å². The number of nitrogens with one attached hydrogen (secondary N) is 1. The Kier molecular flexibility index (Phi) is 1.84. The number of imidazole rings is 1. The van der Waals surface area contributed by atoms with Crippen molar-refractivity contribution in [3.63, 3.8) is 0 Å². The van der Waals surface area contributed by atoms with Crippen molar-refractivity contribution in [2.24, 2.45) is 0 Å². The summed E-state index contributed by atoms with van der Waals surface area (Å²) >= 11 is 0. The molecule has 1 N–H and O–H groups in total. The molecule has 0 saturated carbocycles. The molecular formula is C8H5N5O. The third-order valence-corrected chi connectivity index (χ3v) is 1.65. The molecular weight excluding hydrogens is 182 g/mol. The first kappa shape index (κ1) is 8.19. The van der Waals surface area contributed by atoms with Gasteiger partial charge in [0.1, 0.15) is 11.9 Å². The largest absolute Gasteiger partial charge is 0.313 e. The highest BCUT2D eigenvalue weighted by atomic mass is 16.1. The molecule has 0 atom stereocenters. The molecule has 0 fully saturated rings. The highest BCUT2D eigenvalue weighted by Crippen LogP contribution is 2.02. The molecule has 0 saturated heterocycles. The molecule has 0 bridgehead atoms. The molecule has 2 aromatic rings. The van der Waals surface area contributed by atoms with E-state index < -0.39 is 0 Å². The molecule has 2 heterocycles. The number of hydrogen-bond donors (Lipinski definition) is 1. The van der Waals surface area contributed by atoms with E-state index in [0.717, 1.165) is 0 Å². The lowest BCUT2D eigenvalue weighted by Crippen LogP contribution is -2.09. The van der Waals surface area contributed by atoms with E-state index in [2.05, 4.69) is 15.0 Å². The standard InChI is InChI=1S/C8H5N5O/c9-4-7-10-1-2-13(7)6-3-8(14)12-5-11-6/h1-3,5H,(H,11,12,14). The summed E-state index contributed by atoms with van der Waals surface area (Å²) in [4.78, 5) is 21.1. The van der Waals surface area contributed by atoms with Crippen molar-refractivity contribution in [2.75, 3.05) is 0 Å². The Bertz CT molecular complexity index is 547. The Morgan fingerprint density at radius 2 is 2.36 bits per heavy atom. The van der Waals surface area contributed by atoms with Gasteiger partial charge in [-0.1, -0.05) is 0 Å². The van der Waals surface area contributed by atoms with Crippen LogP contribution in [0.5, 0.6) is 0 Å². The lowest BCUT2D eigenvalue weighted by molar-refractivity contribution is 0.939. The van der Waals surface area contributed by atoms with Gasteiger partial charge in [0.25, 0.3) is 5.56 Å². The SMILES string of the molecule is N#Cc1nccn1-c1cc(=O)[nH]cn1. The first-order chi connectivity index (χ1) is 6.81. The van der Waals surface area contributed by atoms with Crippen molar-refractivity contribution in [1.29, 1.82) is 5.26 Å². The lowest BCUT2D eigenvalue weighted by atomic mass is 10.5. The third kappa shape index (κ3) is 1.27. The number of aromatic amines is 1. The van der Waals surface area contributed by atoms with Crippen LogP contribution >= 0.6 is 0 Å². The van der Waals surface area contributed by atoms with Gasteiger partial charge in [-0.2, -0.15) is 5.26 Å². The maximum absolute atomic E-state index is 11.0. The van der Waals surface area contributed by atoms with Gasteiger partial charge in [0.05, 0.1) is 6.33 Å². The van der Waals surface area contributed by atoms with Crippen LogP contribution in [0.15, 0.2) is 29.6 Å². The van der Waals surface area contributed by atoms with Gasteiger partial charge in [-0.15, -0.1) is 0 Å². The number of rotatable bonds is 1. The van der Waals surface area contributed by atoms with Crippen molar-refractivity contribution in [2.45, 2.75) is 0 Å². The zero-order valence-corrected chi connectivity index (χ0v) is 7.01. The van der Waals surface area contributed by atoms with E-state index in [1.54, 1.807) is 6.20 Å². The van der Waals surface area contributed by atoms with Crippen LogP contribution in [-0.4, -0.2) is 19.5 Å². The maximum Gasteiger partial charge on any atom is 0.252 e. The number of H-pyrrole nitrogens is 1. The fraction of sp³-hybridized carbons (Fsp3) is 0. The maximum atomic E-state index is 11.0. The number of nitriles is 1. The Labute approximate surface area is 78.5 Å². The molecule has 2 aromatic heterocycles. The average Bonchev–Trinajstić information content (AvgIpc) is 2.65. The second-order valence-electron chi connectivity index (χ2n) is 2.50. The van der Waals surface area contributed by atoms with Crippen LogP contribution in [0.3, 0.4) is 0 Å². The quantitative estimate of drug-likeness (QED) is 0.671. The molecule has 0 amide bonds. The number of hydrogen-bond acceptors (Lipinski definition) is 4. The highest BCUT2D eigenvalue weighted by Gasteiger charge is 2.04. The van der Waals surface area contributed by atoms with E-state index in [4.69, 9.17) is 5.26 Å². The van der Waals surface area contributed by atoms with E-state index in [1.165, 1.54) is 23.2 Å². The monoisotopic (exact) mass is 187 g/mol. The molecule has 2 rings (SSSR count). The fourth-order valence-corrected chi connectivity index (χ4v) is 1.06. The summed E-state index contributed by atoms with van der Waals surface area (Å²) in [6.45, 7) is 0. The summed E-state index contributed by atoms with van der Waals surface area (Å²) in [5.41, 5.74) is -0.271. The number of aromatic nitrogens is 4. The number of nitrogens with zero attached hydrogens (tertiary/aromatic N) is 4. The molecule has 68 valence electrons. The zero-order chi connectivity index (χ0) is 9.97. The van der Waals surface area contributed by atoms with Gasteiger partial charge in [-0.05, 0) is 0 Å². The van der Waals surface area contributed by atoms with E-state index in [-0.39, 0.29) is 11.4 Å². The Balaban J connectivity index is 2.61. The van der Waals surface area contributed by atoms with E-state index in [0.29, 0.717) is 5.82 Å². The summed E-state index contributed by atoms with van der Waals surface area (Å²) in [7, 11) is 0. The molecule has 0 spiro atoms. The molecule has 14 heavy (non-hydrogen) atoms. The zero-order valence-electron chi connectivity index (χ0n) is 7.01. The van der Waals surface area contributed by atoms with Gasteiger partial charge in [0.15, 0.2) is 0 Å². The van der Waals surface area contributed by atoms with Crippen LogP contribution < -0.4 is 5.56 Å². The molecule has 0 aliphatic carbocycles. The predicted molar refractivity (Wildman–Crippen MR) is 46.7 cm³/mol. The molecule has 0 aliphatic rings. The van der Waals surface area contributed by atoms with Gasteiger partial charge in [-0.25, -0.2) is 9.97 Å². The van der Waals surface area contributed by atoms with Gasteiger partial charge in [0.2, 0.25) is 5.82 Å². The first-order valence-corrected chi connectivity index (χ1v) is 3.80. The van der Waals surface area contributed by atoms with Crippen LogP contribution in [0.2, 0.25) is 0 Å². The van der Waals surface area contributed by atoms with Crippen molar-refractivity contribution in [3.05, 3.63) is 41.0 Å². The van der Waals surface area contributed by atoms with Crippen molar-refractivity contribution in [1.82, 2.24) is 19.5 Å². The lowest BCUT2D eigenvalue weighted by Gasteiger charge is -1.99. The van der Waals surface area contributed by atoms with Crippen LogP contribution in [-0.2, 0) is 0 Å². The molecule has 0 aromatic carbocycles. The first-order valence-electron chi connectivity index (χ1n) is 3.80. The third-order valence-electron chi connectivity index (χ3n) is 1.65. The van der Waals surface area contributed by atoms with Crippen LogP contribution in [0.25, 0.3) is 5.82 Å². The topological polar surface area (TPSA) is 87.4 Å². The smallest absolute Gasteiger partial charge is 0.252 e. The second kappa shape index (κ2) is 3.14. The molecule has 0 radical (unpaired) electrons. The van der Waals surface area contributed by atoms with Crippen molar-refractivity contribution < 1.29 is 0 Å². The average molecular weight is 187 g/mol. The minimum absolute atomic E-state index is 0.197. The molecule has 6 heteroatoms. The summed E-state index contributed by atoms with van der Waals surface area (Å²) < 4.78 is 1.44. The van der Waals surface area contributed by atoms with Gasteiger partial charge >= 0.3 is 0 Å². The Hall–Kier alpha value is -2.42. The van der Waals surface area contributed by atoms with Gasteiger partial charge in [-0.3, -0.25) is 9.36 Å². The molecule has 6 nitrogen and oxygen atoms in total. The summed E-state index contributed by atoms with van der Waals surface area (Å²) in [6.07, 6.45) is 4.32. The highest BCUT2D eigenvalue weighted by molar-refractivity contribution is 5.27. The summed E-state index contributed by atoms with van der Waals surface area (Å²) in [6, 6.07) is 3.19.